The molecule has 1 aromatic rings. The van der Waals surface area contributed by atoms with Crippen LogP contribution in [0.3, 0.4) is 0 Å². The Hall–Kier alpha value is -2.34. The van der Waals surface area contributed by atoms with Gasteiger partial charge in [-0.25, -0.2) is 11.3 Å². The van der Waals surface area contributed by atoms with Crippen LogP contribution in [0.4, 0.5) is 13.2 Å². The van der Waals surface area contributed by atoms with E-state index in [-0.39, 0.29) is 36.4 Å². The Morgan fingerprint density at radius 1 is 1.34 bits per heavy atom. The molecule has 0 saturated heterocycles. The lowest BCUT2D eigenvalue weighted by Crippen LogP contribution is -2.60. The maximum Gasteiger partial charge on any atom is 0.434 e. The number of nitrogens with zero attached hydrogens (tertiary/aromatic N) is 3. The fraction of sp³-hybridized carbons (Fsp3) is 0.696. The zero-order valence-electron chi connectivity index (χ0n) is 18.3. The van der Waals surface area contributed by atoms with Crippen LogP contribution in [0.2, 0.25) is 0 Å². The molecule has 1 amide bonds. The van der Waals surface area contributed by atoms with E-state index in [0.717, 1.165) is 38.3 Å². The molecule has 4 aliphatic rings. The summed E-state index contributed by atoms with van der Waals surface area (Å²) in [5.74, 6) is 0.158. The fourth-order valence-corrected chi connectivity index (χ4v) is 6.30. The van der Waals surface area contributed by atoms with Gasteiger partial charge >= 0.3 is 6.18 Å². The van der Waals surface area contributed by atoms with Gasteiger partial charge in [0.1, 0.15) is 0 Å². The van der Waals surface area contributed by atoms with E-state index < -0.39 is 28.8 Å². The van der Waals surface area contributed by atoms with E-state index >= 15 is 0 Å². The van der Waals surface area contributed by atoms with Crippen molar-refractivity contribution < 1.29 is 23.1 Å². The van der Waals surface area contributed by atoms with Crippen LogP contribution in [-0.4, -0.2) is 40.0 Å². The molecule has 9 heteroatoms. The lowest BCUT2D eigenvalue weighted by Gasteiger charge is -2.59. The highest BCUT2D eigenvalue weighted by Crippen LogP contribution is 2.59. The van der Waals surface area contributed by atoms with E-state index in [9.17, 15) is 23.1 Å². The number of halogens is 3. The minimum absolute atomic E-state index is 0.0807. The molecule has 0 aliphatic heterocycles. The van der Waals surface area contributed by atoms with Crippen LogP contribution in [0.5, 0.6) is 0 Å². The second kappa shape index (κ2) is 7.91. The molecule has 32 heavy (non-hydrogen) atoms. The Bertz CT molecular complexity index is 943. The molecule has 4 fully saturated rings. The van der Waals surface area contributed by atoms with Crippen molar-refractivity contribution in [2.45, 2.75) is 58.2 Å². The molecule has 1 aromatic heterocycles. The highest BCUT2D eigenvalue weighted by atomic mass is 19.4. The first-order valence-corrected chi connectivity index (χ1v) is 11.1. The predicted octanol–water partition coefficient (Wildman–Crippen LogP) is 4.24. The number of aliphatic hydroxyl groups is 1. The zero-order valence-corrected chi connectivity index (χ0v) is 18.3. The fourth-order valence-electron chi connectivity index (χ4n) is 6.30. The summed E-state index contributed by atoms with van der Waals surface area (Å²) in [4.78, 5) is 16.3. The molecular weight excluding hydrogens is 421 g/mol. The summed E-state index contributed by atoms with van der Waals surface area (Å²) < 4.78 is 42.3. The first-order valence-electron chi connectivity index (χ1n) is 11.1. The first kappa shape index (κ1) is 22.8. The van der Waals surface area contributed by atoms with E-state index in [1.165, 1.54) is 12.3 Å². The number of amides is 1. The summed E-state index contributed by atoms with van der Waals surface area (Å²) in [5.41, 5.74) is -2.30. The SMILES string of the molecule is [C-]#[N+]CC(C)(C)/C=C/n1ncc(C(=O)NC2C3CC4CC2CC(CO)(C4)C3)c1C(F)(F)F. The second-order valence-electron chi connectivity index (χ2n) is 10.6. The van der Waals surface area contributed by atoms with Gasteiger partial charge in [-0.05, 0) is 69.1 Å². The maximum absolute atomic E-state index is 13.9. The third kappa shape index (κ3) is 4.17. The van der Waals surface area contributed by atoms with Crippen LogP contribution in [0.25, 0.3) is 11.0 Å². The van der Waals surface area contributed by atoms with Crippen LogP contribution < -0.4 is 5.32 Å². The molecule has 0 radical (unpaired) electrons. The molecule has 2 atom stereocenters. The lowest BCUT2D eigenvalue weighted by molar-refractivity contribution is -0.142. The van der Waals surface area contributed by atoms with Crippen LogP contribution in [0.1, 0.15) is 62.0 Å². The quantitative estimate of drug-likeness (QED) is 0.637. The average Bonchev–Trinajstić information content (AvgIpc) is 3.13. The minimum atomic E-state index is -4.76. The van der Waals surface area contributed by atoms with Crippen LogP contribution >= 0.6 is 0 Å². The van der Waals surface area contributed by atoms with E-state index in [4.69, 9.17) is 6.57 Å². The number of nitrogens with one attached hydrogen (secondary N) is 1. The molecular formula is C23H29F3N4O2. The van der Waals surface area contributed by atoms with Crippen molar-refractivity contribution in [3.8, 4) is 0 Å². The average molecular weight is 451 g/mol. The van der Waals surface area contributed by atoms with Crippen molar-refractivity contribution in [2.24, 2.45) is 28.6 Å². The third-order valence-electron chi connectivity index (χ3n) is 7.50. The number of aliphatic hydroxyl groups excluding tert-OH is 1. The summed E-state index contributed by atoms with van der Waals surface area (Å²) in [6.45, 7) is 10.7. The van der Waals surface area contributed by atoms with Gasteiger partial charge in [0.15, 0.2) is 5.69 Å². The molecule has 0 spiro atoms. The van der Waals surface area contributed by atoms with Gasteiger partial charge in [-0.3, -0.25) is 4.79 Å². The highest BCUT2D eigenvalue weighted by molar-refractivity contribution is 5.95. The Morgan fingerprint density at radius 2 is 2.00 bits per heavy atom. The molecule has 5 rings (SSSR count). The Kier molecular flexibility index (Phi) is 5.64. The molecule has 2 N–H and O–H groups in total. The second-order valence-corrected chi connectivity index (χ2v) is 10.6. The lowest BCUT2D eigenvalue weighted by atomic mass is 9.48. The zero-order chi connectivity index (χ0) is 23.3. The summed E-state index contributed by atoms with van der Waals surface area (Å²) in [7, 11) is 0. The van der Waals surface area contributed by atoms with Crippen molar-refractivity contribution >= 4 is 12.1 Å². The van der Waals surface area contributed by atoms with Crippen molar-refractivity contribution in [3.63, 3.8) is 0 Å². The monoisotopic (exact) mass is 450 g/mol. The Balaban J connectivity index is 1.56. The molecule has 2 unspecified atom stereocenters. The van der Waals surface area contributed by atoms with Crippen LogP contribution in [0, 0.1) is 35.2 Å². The van der Waals surface area contributed by atoms with Crippen LogP contribution in [0.15, 0.2) is 12.3 Å². The van der Waals surface area contributed by atoms with Gasteiger partial charge in [0.25, 0.3) is 5.91 Å². The van der Waals surface area contributed by atoms with E-state index in [0.29, 0.717) is 10.6 Å². The number of hydrogen-bond donors (Lipinski definition) is 2. The van der Waals surface area contributed by atoms with Gasteiger partial charge < -0.3 is 15.3 Å². The van der Waals surface area contributed by atoms with E-state index in [2.05, 4.69) is 15.3 Å². The first-order chi connectivity index (χ1) is 15.0. The minimum Gasteiger partial charge on any atom is -0.396 e. The number of rotatable bonds is 6. The Labute approximate surface area is 185 Å². The molecule has 174 valence electrons. The van der Waals surface area contributed by atoms with Crippen molar-refractivity contribution in [1.29, 1.82) is 0 Å². The van der Waals surface area contributed by atoms with Crippen molar-refractivity contribution in [1.82, 2.24) is 15.1 Å². The molecule has 6 nitrogen and oxygen atoms in total. The number of aromatic nitrogens is 2. The molecule has 4 saturated carbocycles. The highest BCUT2D eigenvalue weighted by Gasteiger charge is 2.55. The molecule has 4 aliphatic carbocycles. The number of alkyl halides is 3. The molecule has 0 aromatic carbocycles. The third-order valence-corrected chi connectivity index (χ3v) is 7.50. The summed E-state index contributed by atoms with van der Waals surface area (Å²) >= 11 is 0. The molecule has 1 heterocycles. The smallest absolute Gasteiger partial charge is 0.396 e. The normalized spacial score (nSPS) is 31.8. The van der Waals surface area contributed by atoms with Gasteiger partial charge in [0.2, 0.25) is 6.54 Å². The van der Waals surface area contributed by atoms with Gasteiger partial charge in [-0.2, -0.15) is 18.3 Å². The van der Waals surface area contributed by atoms with Gasteiger partial charge in [0, 0.05) is 18.8 Å². The summed E-state index contributed by atoms with van der Waals surface area (Å²) in [5, 5.41) is 16.6. The van der Waals surface area contributed by atoms with E-state index in [1.807, 2.05) is 0 Å². The number of carbonyl (C=O) groups is 1. The number of carbonyl (C=O) groups excluding carboxylic acids is 1. The standard InChI is InChI=1S/C23H29F3N4O2/c1-21(2,12-27-3)4-5-30-19(23(24,25)26)17(11-28-30)20(32)29-18-15-6-14-7-16(18)10-22(8-14,9-15)13-31/h4-5,11,14-16,18,31H,6-10,12-13H2,1-2H3,(H,29,32)/b5-4+. The predicted molar refractivity (Wildman–Crippen MR) is 112 cm³/mol. The van der Waals surface area contributed by atoms with Crippen molar-refractivity contribution in [3.05, 3.63) is 34.9 Å². The largest absolute Gasteiger partial charge is 0.434 e. The van der Waals surface area contributed by atoms with Gasteiger partial charge in [-0.15, -0.1) is 0 Å². The molecule has 4 bridgehead atoms. The Morgan fingerprint density at radius 3 is 2.56 bits per heavy atom. The van der Waals surface area contributed by atoms with Gasteiger partial charge in [-0.1, -0.05) is 6.08 Å². The van der Waals surface area contributed by atoms with Gasteiger partial charge in [0.05, 0.1) is 17.2 Å². The van der Waals surface area contributed by atoms with Crippen molar-refractivity contribution in [2.75, 3.05) is 13.2 Å². The maximum atomic E-state index is 13.9. The number of hydrogen-bond acceptors (Lipinski definition) is 3. The van der Waals surface area contributed by atoms with Crippen LogP contribution in [-0.2, 0) is 6.18 Å². The summed E-state index contributed by atoms with van der Waals surface area (Å²) in [6, 6.07) is -0.170. The summed E-state index contributed by atoms with van der Waals surface area (Å²) in [6.07, 6.45) is 3.43. The van der Waals surface area contributed by atoms with E-state index in [1.54, 1.807) is 13.8 Å². The topological polar surface area (TPSA) is 71.5 Å².